The summed E-state index contributed by atoms with van der Waals surface area (Å²) in [4.78, 5) is 11.2. The maximum Gasteiger partial charge on any atom is 0.159 e. The summed E-state index contributed by atoms with van der Waals surface area (Å²) >= 11 is -2.62. The van der Waals surface area contributed by atoms with E-state index in [1.807, 2.05) is 0 Å². The van der Waals surface area contributed by atoms with E-state index in [1.54, 1.807) is 0 Å². The van der Waals surface area contributed by atoms with Crippen LogP contribution in [0.3, 0.4) is 0 Å². The fourth-order valence-electron chi connectivity index (χ4n) is 2.00. The lowest BCUT2D eigenvalue weighted by Crippen LogP contribution is -2.08. The first-order valence-electron chi connectivity index (χ1n) is 6.61. The van der Waals surface area contributed by atoms with Gasteiger partial charge < -0.3 is 9.27 Å². The first-order valence-corrected chi connectivity index (χ1v) is 9.00. The smallest absolute Gasteiger partial charge is 0.159 e. The average molecular weight is 372 g/mol. The molecule has 0 aliphatic rings. The van der Waals surface area contributed by atoms with Crippen molar-refractivity contribution in [3.05, 3.63) is 59.2 Å². The molecule has 0 saturated carbocycles. The summed E-state index contributed by atoms with van der Waals surface area (Å²) in [6.07, 6.45) is 0. The van der Waals surface area contributed by atoms with Gasteiger partial charge in [-0.2, -0.15) is 0 Å². The minimum Gasteiger partial charge on any atom is -0.755 e. The molecular formula is C15H12F2NO4S2-. The van der Waals surface area contributed by atoms with E-state index in [-0.39, 0.29) is 27.7 Å². The van der Waals surface area contributed by atoms with Crippen LogP contribution in [0, 0.1) is 11.6 Å². The van der Waals surface area contributed by atoms with Crippen molar-refractivity contribution in [1.29, 1.82) is 0 Å². The molecule has 0 heterocycles. The molecule has 0 saturated heterocycles. The first kappa shape index (κ1) is 18.4. The zero-order valence-electron chi connectivity index (χ0n) is 12.4. The third kappa shape index (κ3) is 4.53. The van der Waals surface area contributed by atoms with Crippen LogP contribution in [-0.4, -0.2) is 18.8 Å². The third-order valence-corrected chi connectivity index (χ3v) is 4.91. The lowest BCUT2D eigenvalue weighted by molar-refractivity contribution is 0.101. The summed E-state index contributed by atoms with van der Waals surface area (Å²) in [5.41, 5.74) is 0.682. The van der Waals surface area contributed by atoms with Crippen LogP contribution in [0.5, 0.6) is 0 Å². The quantitative estimate of drug-likeness (QED) is 0.624. The van der Waals surface area contributed by atoms with Gasteiger partial charge in [0.05, 0.1) is 21.4 Å². The van der Waals surface area contributed by atoms with E-state index < -0.39 is 33.7 Å². The number of benzene rings is 2. The van der Waals surface area contributed by atoms with Crippen LogP contribution in [0.4, 0.5) is 14.5 Å². The SMILES string of the molecule is CC(=O)c1ccc(NS(=O)[O-])c(CS(=O)c2ccc(F)cc2F)c1. The summed E-state index contributed by atoms with van der Waals surface area (Å²) in [6, 6.07) is 6.83. The Kier molecular flexibility index (Phi) is 5.92. The fraction of sp³-hybridized carbons (Fsp3) is 0.133. The van der Waals surface area contributed by atoms with Crippen molar-refractivity contribution in [3.8, 4) is 0 Å². The Balaban J connectivity index is 2.38. The van der Waals surface area contributed by atoms with Gasteiger partial charge in [0, 0.05) is 28.6 Å². The molecule has 2 atom stereocenters. The summed E-state index contributed by atoms with van der Waals surface area (Å²) in [5, 5.41) is 0. The topological polar surface area (TPSA) is 86.3 Å². The van der Waals surface area contributed by atoms with Gasteiger partial charge in [0.25, 0.3) is 0 Å². The second-order valence-corrected chi connectivity index (χ2v) is 6.92. The number of Topliss-reactive ketones (excluding diaryl/α,β-unsaturated/α-hetero) is 1. The first-order chi connectivity index (χ1) is 11.3. The van der Waals surface area contributed by atoms with E-state index in [1.165, 1.54) is 25.1 Å². The second-order valence-electron chi connectivity index (χ2n) is 4.83. The molecule has 2 aromatic carbocycles. The molecule has 0 aliphatic carbocycles. The molecule has 0 radical (unpaired) electrons. The van der Waals surface area contributed by atoms with Crippen LogP contribution in [0.1, 0.15) is 22.8 Å². The van der Waals surface area contributed by atoms with Gasteiger partial charge in [-0.05, 0) is 42.8 Å². The molecular weight excluding hydrogens is 360 g/mol. The van der Waals surface area contributed by atoms with Gasteiger partial charge in [-0.25, -0.2) is 8.78 Å². The molecule has 0 spiro atoms. The molecule has 1 N–H and O–H groups in total. The fourth-order valence-corrected chi connectivity index (χ4v) is 3.55. The highest BCUT2D eigenvalue weighted by molar-refractivity contribution is 7.84. The number of rotatable bonds is 6. The predicted octanol–water partition coefficient (Wildman–Crippen LogP) is 2.68. The van der Waals surface area contributed by atoms with Gasteiger partial charge in [-0.3, -0.25) is 13.2 Å². The largest absolute Gasteiger partial charge is 0.755 e. The number of carbonyl (C=O) groups excluding carboxylic acids is 1. The molecule has 0 fully saturated rings. The van der Waals surface area contributed by atoms with Crippen LogP contribution in [0.25, 0.3) is 0 Å². The summed E-state index contributed by atoms with van der Waals surface area (Å²) in [6.45, 7) is 1.33. The van der Waals surface area contributed by atoms with E-state index in [9.17, 15) is 26.5 Å². The molecule has 2 aromatic rings. The number of nitrogens with one attached hydrogen (secondary N) is 1. The molecule has 2 unspecified atom stereocenters. The highest BCUT2D eigenvalue weighted by atomic mass is 32.2. The summed E-state index contributed by atoms with van der Waals surface area (Å²) in [5.74, 6) is -2.26. The highest BCUT2D eigenvalue weighted by Crippen LogP contribution is 2.24. The van der Waals surface area contributed by atoms with Gasteiger partial charge in [0.2, 0.25) is 0 Å². The van der Waals surface area contributed by atoms with Crippen LogP contribution in [0.2, 0.25) is 0 Å². The number of hydrogen-bond donors (Lipinski definition) is 1. The van der Waals surface area contributed by atoms with Gasteiger partial charge >= 0.3 is 0 Å². The Morgan fingerprint density at radius 1 is 1.17 bits per heavy atom. The van der Waals surface area contributed by atoms with Crippen molar-refractivity contribution in [2.75, 3.05) is 4.72 Å². The van der Waals surface area contributed by atoms with Gasteiger partial charge in [0.1, 0.15) is 11.6 Å². The average Bonchev–Trinajstić information content (AvgIpc) is 2.48. The number of halogens is 2. The van der Waals surface area contributed by atoms with E-state index in [2.05, 4.69) is 4.72 Å². The van der Waals surface area contributed by atoms with Crippen molar-refractivity contribution < 1.29 is 26.5 Å². The van der Waals surface area contributed by atoms with Crippen LogP contribution in [-0.2, 0) is 27.8 Å². The van der Waals surface area contributed by atoms with Gasteiger partial charge in [0.15, 0.2) is 5.78 Å². The van der Waals surface area contributed by atoms with Gasteiger partial charge in [-0.1, -0.05) is 0 Å². The Hall–Kier alpha value is -1.97. The molecule has 0 amide bonds. The second kappa shape index (κ2) is 7.73. The van der Waals surface area contributed by atoms with Crippen LogP contribution >= 0.6 is 0 Å². The lowest BCUT2D eigenvalue weighted by Gasteiger charge is -2.14. The minimum absolute atomic E-state index is 0.129. The number of carbonyl (C=O) groups is 1. The molecule has 5 nitrogen and oxygen atoms in total. The van der Waals surface area contributed by atoms with E-state index >= 15 is 0 Å². The Bertz CT molecular complexity index is 842. The Labute approximate surface area is 142 Å². The third-order valence-electron chi connectivity index (χ3n) is 3.13. The highest BCUT2D eigenvalue weighted by Gasteiger charge is 2.15. The molecule has 0 aliphatic heterocycles. The van der Waals surface area contributed by atoms with E-state index in [0.29, 0.717) is 11.6 Å². The number of ketones is 1. The molecule has 0 bridgehead atoms. The van der Waals surface area contributed by atoms with E-state index in [4.69, 9.17) is 0 Å². The lowest BCUT2D eigenvalue weighted by atomic mass is 10.1. The maximum atomic E-state index is 13.7. The molecule has 2 rings (SSSR count). The van der Waals surface area contributed by atoms with Crippen molar-refractivity contribution >= 4 is 33.5 Å². The molecule has 24 heavy (non-hydrogen) atoms. The normalized spacial score (nSPS) is 13.3. The molecule has 0 aromatic heterocycles. The molecule has 9 heteroatoms. The number of hydrogen-bond acceptors (Lipinski definition) is 4. The van der Waals surface area contributed by atoms with Crippen LogP contribution in [0.15, 0.2) is 41.3 Å². The maximum absolute atomic E-state index is 13.7. The Morgan fingerprint density at radius 2 is 1.88 bits per heavy atom. The monoisotopic (exact) mass is 372 g/mol. The van der Waals surface area contributed by atoms with E-state index in [0.717, 1.165) is 12.1 Å². The number of anilines is 1. The standard InChI is InChI=1S/C15H13F2NO4S2/c1-9(19)10-2-4-14(18-24(21)22)11(6-10)8-23(20)15-5-3-12(16)7-13(15)17/h2-7,18H,8H2,1H3,(H,21,22)/p-1. The summed E-state index contributed by atoms with van der Waals surface area (Å²) in [7, 11) is -1.89. The zero-order chi connectivity index (χ0) is 17.9. The van der Waals surface area contributed by atoms with Gasteiger partial charge in [-0.15, -0.1) is 0 Å². The van der Waals surface area contributed by atoms with Crippen LogP contribution < -0.4 is 4.72 Å². The van der Waals surface area contributed by atoms with Crippen molar-refractivity contribution in [2.24, 2.45) is 0 Å². The van der Waals surface area contributed by atoms with Crippen molar-refractivity contribution in [2.45, 2.75) is 17.6 Å². The Morgan fingerprint density at radius 3 is 2.46 bits per heavy atom. The zero-order valence-corrected chi connectivity index (χ0v) is 14.0. The minimum atomic E-state index is -2.62. The van der Waals surface area contributed by atoms with Crippen molar-refractivity contribution in [1.82, 2.24) is 0 Å². The summed E-state index contributed by atoms with van der Waals surface area (Å²) < 4.78 is 62.8. The van der Waals surface area contributed by atoms with Crippen molar-refractivity contribution in [3.63, 3.8) is 0 Å². The predicted molar refractivity (Wildman–Crippen MR) is 85.5 cm³/mol. The molecule has 128 valence electrons.